The van der Waals surface area contributed by atoms with Gasteiger partial charge in [0.25, 0.3) is 10.0 Å². The standard InChI is InChI=1S/C12H13ClN2O2S2/c1-12(2,9-5-3-4-8-14-9)15-19(16,17)11-7-6-10(13)18-11/h3-8,15H,1-2H3. The van der Waals surface area contributed by atoms with Crippen molar-refractivity contribution in [1.82, 2.24) is 9.71 Å². The Morgan fingerprint density at radius 2 is 2.00 bits per heavy atom. The Morgan fingerprint density at radius 1 is 1.26 bits per heavy atom. The Kier molecular flexibility index (Phi) is 3.96. The Morgan fingerprint density at radius 3 is 2.53 bits per heavy atom. The fraction of sp³-hybridized carbons (Fsp3) is 0.250. The molecule has 2 aromatic heterocycles. The van der Waals surface area contributed by atoms with Crippen molar-refractivity contribution in [2.24, 2.45) is 0 Å². The molecular weight excluding hydrogens is 304 g/mol. The molecule has 7 heteroatoms. The van der Waals surface area contributed by atoms with Crippen LogP contribution in [-0.4, -0.2) is 13.4 Å². The fourth-order valence-corrected chi connectivity index (χ4v) is 4.48. The lowest BCUT2D eigenvalue weighted by Gasteiger charge is -2.24. The molecule has 19 heavy (non-hydrogen) atoms. The number of aromatic nitrogens is 1. The normalized spacial score (nSPS) is 12.6. The van der Waals surface area contributed by atoms with Crippen LogP contribution in [0.5, 0.6) is 0 Å². The summed E-state index contributed by atoms with van der Waals surface area (Å²) < 4.78 is 27.8. The summed E-state index contributed by atoms with van der Waals surface area (Å²) in [4.78, 5) is 4.18. The summed E-state index contributed by atoms with van der Waals surface area (Å²) in [5.41, 5.74) is -0.141. The van der Waals surface area contributed by atoms with Crippen LogP contribution in [0.2, 0.25) is 4.34 Å². The molecule has 0 aliphatic heterocycles. The smallest absolute Gasteiger partial charge is 0.250 e. The number of thiophene rings is 1. The first-order valence-electron chi connectivity index (χ1n) is 5.52. The highest BCUT2D eigenvalue weighted by atomic mass is 35.5. The zero-order valence-electron chi connectivity index (χ0n) is 10.4. The Bertz CT molecular complexity index is 666. The van der Waals surface area contributed by atoms with Crippen molar-refractivity contribution < 1.29 is 8.42 Å². The van der Waals surface area contributed by atoms with Crippen LogP contribution in [0.25, 0.3) is 0 Å². The fourth-order valence-electron chi connectivity index (χ4n) is 1.61. The summed E-state index contributed by atoms with van der Waals surface area (Å²) in [7, 11) is -3.60. The molecule has 1 N–H and O–H groups in total. The molecule has 0 aromatic carbocycles. The van der Waals surface area contributed by atoms with Gasteiger partial charge in [-0.2, -0.15) is 4.72 Å². The maximum Gasteiger partial charge on any atom is 0.250 e. The van der Waals surface area contributed by atoms with Crippen LogP contribution in [0.15, 0.2) is 40.7 Å². The molecule has 0 unspecified atom stereocenters. The van der Waals surface area contributed by atoms with Gasteiger partial charge in [0.05, 0.1) is 15.6 Å². The number of hydrogen-bond donors (Lipinski definition) is 1. The van der Waals surface area contributed by atoms with Crippen molar-refractivity contribution in [2.45, 2.75) is 23.6 Å². The van der Waals surface area contributed by atoms with Crippen molar-refractivity contribution in [3.63, 3.8) is 0 Å². The molecule has 0 atom stereocenters. The molecule has 0 saturated heterocycles. The maximum atomic E-state index is 12.2. The first-order chi connectivity index (χ1) is 8.81. The van der Waals surface area contributed by atoms with Gasteiger partial charge in [-0.15, -0.1) is 11.3 Å². The van der Waals surface area contributed by atoms with Crippen LogP contribution in [-0.2, 0) is 15.6 Å². The van der Waals surface area contributed by atoms with Gasteiger partial charge in [-0.3, -0.25) is 4.98 Å². The lowest BCUT2D eigenvalue weighted by atomic mass is 10.0. The van der Waals surface area contributed by atoms with Crippen molar-refractivity contribution in [3.8, 4) is 0 Å². The molecule has 2 rings (SSSR count). The molecule has 0 amide bonds. The zero-order chi connectivity index (χ0) is 14.1. The van der Waals surface area contributed by atoms with E-state index < -0.39 is 15.6 Å². The van der Waals surface area contributed by atoms with Gasteiger partial charge in [0.15, 0.2) is 0 Å². The van der Waals surface area contributed by atoms with Gasteiger partial charge in [-0.25, -0.2) is 8.42 Å². The summed E-state index contributed by atoms with van der Waals surface area (Å²) in [6.45, 7) is 3.53. The van der Waals surface area contributed by atoms with Gasteiger partial charge in [0.2, 0.25) is 0 Å². The SMILES string of the molecule is CC(C)(NS(=O)(=O)c1ccc(Cl)s1)c1ccccn1. The van der Waals surface area contributed by atoms with Crippen molar-refractivity contribution in [1.29, 1.82) is 0 Å². The van der Waals surface area contributed by atoms with Gasteiger partial charge in [0.1, 0.15) is 4.21 Å². The van der Waals surface area contributed by atoms with Gasteiger partial charge >= 0.3 is 0 Å². The van der Waals surface area contributed by atoms with Gasteiger partial charge < -0.3 is 0 Å². The summed E-state index contributed by atoms with van der Waals surface area (Å²) >= 11 is 6.79. The number of pyridine rings is 1. The first kappa shape index (κ1) is 14.5. The second-order valence-corrected chi connectivity index (χ2v) is 8.13. The molecule has 102 valence electrons. The van der Waals surface area contributed by atoms with Crippen LogP contribution >= 0.6 is 22.9 Å². The Hall–Kier alpha value is -0.950. The van der Waals surface area contributed by atoms with Crippen LogP contribution in [0.1, 0.15) is 19.5 Å². The van der Waals surface area contributed by atoms with Crippen LogP contribution in [0.4, 0.5) is 0 Å². The molecule has 0 radical (unpaired) electrons. The van der Waals surface area contributed by atoms with Crippen molar-refractivity contribution in [3.05, 3.63) is 46.6 Å². The molecular formula is C12H13ClN2O2S2. The van der Waals surface area contributed by atoms with Gasteiger partial charge in [-0.05, 0) is 38.1 Å². The average molecular weight is 317 g/mol. The first-order valence-corrected chi connectivity index (χ1v) is 8.20. The monoisotopic (exact) mass is 316 g/mol. The zero-order valence-corrected chi connectivity index (χ0v) is 12.8. The number of halogens is 1. The van der Waals surface area contributed by atoms with Gasteiger partial charge in [-0.1, -0.05) is 17.7 Å². The molecule has 0 aliphatic rings. The van der Waals surface area contributed by atoms with E-state index in [2.05, 4.69) is 9.71 Å². The minimum absolute atomic E-state index is 0.196. The molecule has 0 saturated carbocycles. The lowest BCUT2D eigenvalue weighted by molar-refractivity contribution is 0.461. The minimum Gasteiger partial charge on any atom is -0.259 e. The van der Waals surface area contributed by atoms with Gasteiger partial charge in [0, 0.05) is 6.20 Å². The minimum atomic E-state index is -3.60. The molecule has 2 heterocycles. The maximum absolute atomic E-state index is 12.2. The van der Waals surface area contributed by atoms with Crippen molar-refractivity contribution >= 4 is 33.0 Å². The van der Waals surface area contributed by atoms with Crippen molar-refractivity contribution in [2.75, 3.05) is 0 Å². The molecule has 0 fully saturated rings. The number of sulfonamides is 1. The molecule has 0 aliphatic carbocycles. The topological polar surface area (TPSA) is 59.1 Å². The number of nitrogens with zero attached hydrogens (tertiary/aromatic N) is 1. The second kappa shape index (κ2) is 5.20. The number of rotatable bonds is 4. The van der Waals surface area contributed by atoms with Crippen LogP contribution in [0.3, 0.4) is 0 Å². The second-order valence-electron chi connectivity index (χ2n) is 4.50. The van der Waals surface area contributed by atoms with E-state index in [4.69, 9.17) is 11.6 Å². The van der Waals surface area contributed by atoms with E-state index in [-0.39, 0.29) is 4.21 Å². The highest BCUT2D eigenvalue weighted by molar-refractivity contribution is 7.91. The predicted molar refractivity (Wildman–Crippen MR) is 76.9 cm³/mol. The third-order valence-corrected chi connectivity index (χ3v) is 5.89. The predicted octanol–water partition coefficient (Wildman–Crippen LogP) is 3.01. The average Bonchev–Trinajstić information content (AvgIpc) is 2.77. The van der Waals surface area contributed by atoms with E-state index in [9.17, 15) is 8.42 Å². The summed E-state index contributed by atoms with van der Waals surface area (Å²) in [6, 6.07) is 8.44. The van der Waals surface area contributed by atoms with E-state index in [1.807, 2.05) is 6.07 Å². The van der Waals surface area contributed by atoms with E-state index in [0.29, 0.717) is 10.0 Å². The molecule has 0 spiro atoms. The Balaban J connectivity index is 2.30. The number of nitrogens with one attached hydrogen (secondary N) is 1. The quantitative estimate of drug-likeness (QED) is 0.943. The Labute approximate surface area is 121 Å². The van der Waals surface area contributed by atoms with E-state index in [1.54, 1.807) is 38.2 Å². The largest absolute Gasteiger partial charge is 0.259 e. The summed E-state index contributed by atoms with van der Waals surface area (Å²) in [6.07, 6.45) is 1.63. The molecule has 2 aromatic rings. The third kappa shape index (κ3) is 3.33. The molecule has 0 bridgehead atoms. The van der Waals surface area contributed by atoms with E-state index >= 15 is 0 Å². The summed E-state index contributed by atoms with van der Waals surface area (Å²) in [5.74, 6) is 0. The number of hydrogen-bond acceptors (Lipinski definition) is 4. The highest BCUT2D eigenvalue weighted by Crippen LogP contribution is 2.28. The third-order valence-electron chi connectivity index (χ3n) is 2.51. The van der Waals surface area contributed by atoms with Crippen LogP contribution < -0.4 is 4.72 Å². The van der Waals surface area contributed by atoms with E-state index in [0.717, 1.165) is 11.3 Å². The summed E-state index contributed by atoms with van der Waals surface area (Å²) in [5, 5.41) is 0. The molecule has 4 nitrogen and oxygen atoms in total. The van der Waals surface area contributed by atoms with Crippen LogP contribution in [0, 0.1) is 0 Å². The highest BCUT2D eigenvalue weighted by Gasteiger charge is 2.29. The van der Waals surface area contributed by atoms with E-state index in [1.165, 1.54) is 6.07 Å². The lowest BCUT2D eigenvalue weighted by Crippen LogP contribution is -2.41.